The Hall–Kier alpha value is -1.76. The molecule has 0 saturated heterocycles. The summed E-state index contributed by atoms with van der Waals surface area (Å²) in [7, 11) is 0. The minimum atomic E-state index is -4.50. The van der Waals surface area contributed by atoms with E-state index in [-0.39, 0.29) is 5.75 Å². The molecular formula is C10H9F3O4. The number of carboxylic acids is 1. The predicted octanol–water partition coefficient (Wildman–Crippen LogP) is 1.53. The van der Waals surface area contributed by atoms with Crippen LogP contribution < -0.4 is 4.74 Å². The number of rotatable bonds is 4. The molecule has 94 valence electrons. The molecule has 1 atom stereocenters. The Kier molecular flexibility index (Phi) is 3.95. The van der Waals surface area contributed by atoms with Crippen LogP contribution in [-0.4, -0.2) is 28.9 Å². The van der Waals surface area contributed by atoms with E-state index in [1.54, 1.807) is 0 Å². The Morgan fingerprint density at radius 3 is 2.59 bits per heavy atom. The van der Waals surface area contributed by atoms with Crippen molar-refractivity contribution in [3.8, 4) is 5.75 Å². The Morgan fingerprint density at radius 1 is 1.41 bits per heavy atom. The molecule has 0 aliphatic heterocycles. The van der Waals surface area contributed by atoms with Crippen molar-refractivity contribution in [1.29, 1.82) is 0 Å². The van der Waals surface area contributed by atoms with Crippen molar-refractivity contribution in [2.75, 3.05) is 6.61 Å². The van der Waals surface area contributed by atoms with Gasteiger partial charge in [-0.25, -0.2) is 4.79 Å². The largest absolute Gasteiger partial charge is 0.490 e. The van der Waals surface area contributed by atoms with E-state index < -0.39 is 30.4 Å². The average molecular weight is 250 g/mol. The number of hydrogen-bond donors (Lipinski definition) is 2. The normalized spacial score (nSPS) is 13.2. The van der Waals surface area contributed by atoms with Gasteiger partial charge in [-0.1, -0.05) is 6.07 Å². The molecule has 0 aliphatic carbocycles. The third-order valence-corrected chi connectivity index (χ3v) is 1.85. The fourth-order valence-corrected chi connectivity index (χ4v) is 1.01. The highest BCUT2D eigenvalue weighted by molar-refractivity contribution is 5.72. The van der Waals surface area contributed by atoms with Crippen LogP contribution >= 0.6 is 0 Å². The molecule has 0 heterocycles. The van der Waals surface area contributed by atoms with Crippen molar-refractivity contribution in [3.63, 3.8) is 0 Å². The van der Waals surface area contributed by atoms with E-state index in [4.69, 9.17) is 14.9 Å². The molecule has 0 spiro atoms. The Morgan fingerprint density at radius 2 is 2.06 bits per heavy atom. The van der Waals surface area contributed by atoms with E-state index in [9.17, 15) is 18.0 Å². The van der Waals surface area contributed by atoms with E-state index >= 15 is 0 Å². The van der Waals surface area contributed by atoms with Crippen LogP contribution in [0, 0.1) is 0 Å². The van der Waals surface area contributed by atoms with Gasteiger partial charge in [0.25, 0.3) is 0 Å². The number of hydrogen-bond acceptors (Lipinski definition) is 3. The van der Waals surface area contributed by atoms with Crippen LogP contribution in [0.2, 0.25) is 0 Å². The number of aliphatic hydroxyl groups is 1. The molecule has 1 rings (SSSR count). The van der Waals surface area contributed by atoms with Crippen molar-refractivity contribution in [2.45, 2.75) is 12.3 Å². The number of alkyl halides is 3. The smallest absolute Gasteiger partial charge is 0.416 e. The highest BCUT2D eigenvalue weighted by Crippen LogP contribution is 2.31. The zero-order chi connectivity index (χ0) is 13.1. The molecule has 0 amide bonds. The minimum absolute atomic E-state index is 0.153. The lowest BCUT2D eigenvalue weighted by atomic mass is 10.2. The first-order chi connectivity index (χ1) is 7.80. The Balaban J connectivity index is 2.70. The van der Waals surface area contributed by atoms with Gasteiger partial charge in [-0.2, -0.15) is 13.2 Å². The average Bonchev–Trinajstić information content (AvgIpc) is 2.25. The second-order valence-electron chi connectivity index (χ2n) is 3.19. The summed E-state index contributed by atoms with van der Waals surface area (Å²) in [6, 6.07) is 3.96. The van der Waals surface area contributed by atoms with Gasteiger partial charge in [-0.3, -0.25) is 0 Å². The van der Waals surface area contributed by atoms with Crippen LogP contribution in [0.3, 0.4) is 0 Å². The van der Waals surface area contributed by atoms with Crippen LogP contribution in [0.25, 0.3) is 0 Å². The third-order valence-electron chi connectivity index (χ3n) is 1.85. The monoisotopic (exact) mass is 250 g/mol. The maximum absolute atomic E-state index is 12.3. The van der Waals surface area contributed by atoms with Gasteiger partial charge in [0, 0.05) is 0 Å². The molecule has 1 aromatic carbocycles. The summed E-state index contributed by atoms with van der Waals surface area (Å²) in [4.78, 5) is 10.2. The number of aliphatic hydroxyl groups excluding tert-OH is 1. The number of carboxylic acid groups (broad SMARTS) is 1. The van der Waals surface area contributed by atoms with E-state index in [0.29, 0.717) is 0 Å². The van der Waals surface area contributed by atoms with E-state index in [2.05, 4.69) is 0 Å². The molecule has 0 saturated carbocycles. The first-order valence-electron chi connectivity index (χ1n) is 4.51. The number of halogens is 3. The van der Waals surface area contributed by atoms with Crippen LogP contribution in [0.5, 0.6) is 5.75 Å². The van der Waals surface area contributed by atoms with Gasteiger partial charge in [0.15, 0.2) is 6.10 Å². The van der Waals surface area contributed by atoms with E-state index in [0.717, 1.165) is 18.2 Å². The highest BCUT2D eigenvalue weighted by Gasteiger charge is 2.30. The summed E-state index contributed by atoms with van der Waals surface area (Å²) in [5.74, 6) is -1.66. The molecule has 17 heavy (non-hydrogen) atoms. The standard InChI is InChI=1S/C10H9F3O4/c11-10(12,13)6-2-1-3-7(4-6)17-5-8(14)9(15)16/h1-4,8,14H,5H2,(H,15,16). The van der Waals surface area contributed by atoms with Crippen molar-refractivity contribution >= 4 is 5.97 Å². The molecular weight excluding hydrogens is 241 g/mol. The number of benzene rings is 1. The van der Waals surface area contributed by atoms with Crippen molar-refractivity contribution in [1.82, 2.24) is 0 Å². The highest BCUT2D eigenvalue weighted by atomic mass is 19.4. The summed E-state index contributed by atoms with van der Waals surface area (Å²) in [6.07, 6.45) is -6.27. The van der Waals surface area contributed by atoms with Gasteiger partial charge in [-0.05, 0) is 18.2 Å². The molecule has 0 fully saturated rings. The third kappa shape index (κ3) is 3.95. The van der Waals surface area contributed by atoms with Gasteiger partial charge in [-0.15, -0.1) is 0 Å². The number of carbonyl (C=O) groups is 1. The molecule has 1 unspecified atom stereocenters. The predicted molar refractivity (Wildman–Crippen MR) is 50.6 cm³/mol. The van der Waals surface area contributed by atoms with Crippen molar-refractivity contribution in [3.05, 3.63) is 29.8 Å². The van der Waals surface area contributed by atoms with Crippen LogP contribution in [-0.2, 0) is 11.0 Å². The molecule has 0 radical (unpaired) electrons. The molecule has 2 N–H and O–H groups in total. The maximum Gasteiger partial charge on any atom is 0.416 e. The lowest BCUT2D eigenvalue weighted by Crippen LogP contribution is -2.26. The first-order valence-corrected chi connectivity index (χ1v) is 4.51. The van der Waals surface area contributed by atoms with Gasteiger partial charge in [0.05, 0.1) is 5.56 Å². The van der Waals surface area contributed by atoms with Crippen molar-refractivity contribution in [2.24, 2.45) is 0 Å². The molecule has 4 nitrogen and oxygen atoms in total. The van der Waals surface area contributed by atoms with Crippen LogP contribution in [0.1, 0.15) is 5.56 Å². The lowest BCUT2D eigenvalue weighted by Gasteiger charge is -2.11. The number of ether oxygens (including phenoxy) is 1. The van der Waals surface area contributed by atoms with Crippen LogP contribution in [0.4, 0.5) is 13.2 Å². The number of aliphatic carboxylic acids is 1. The summed E-state index contributed by atoms with van der Waals surface area (Å²) in [5, 5.41) is 17.2. The molecule has 1 aromatic rings. The molecule has 0 aromatic heterocycles. The fraction of sp³-hybridized carbons (Fsp3) is 0.300. The van der Waals surface area contributed by atoms with Gasteiger partial charge < -0.3 is 14.9 Å². The van der Waals surface area contributed by atoms with Gasteiger partial charge in [0.2, 0.25) is 0 Å². The zero-order valence-electron chi connectivity index (χ0n) is 8.44. The summed E-state index contributed by atoms with van der Waals surface area (Å²) < 4.78 is 41.6. The second kappa shape index (κ2) is 5.05. The maximum atomic E-state index is 12.3. The topological polar surface area (TPSA) is 66.8 Å². The molecule has 7 heteroatoms. The first kappa shape index (κ1) is 13.3. The van der Waals surface area contributed by atoms with Gasteiger partial charge in [0.1, 0.15) is 12.4 Å². The van der Waals surface area contributed by atoms with E-state index in [1.165, 1.54) is 6.07 Å². The van der Waals surface area contributed by atoms with Gasteiger partial charge >= 0.3 is 12.1 Å². The summed E-state index contributed by atoms with van der Waals surface area (Å²) >= 11 is 0. The zero-order valence-corrected chi connectivity index (χ0v) is 8.44. The minimum Gasteiger partial charge on any atom is -0.490 e. The fourth-order valence-electron chi connectivity index (χ4n) is 1.01. The van der Waals surface area contributed by atoms with E-state index in [1.807, 2.05) is 0 Å². The quantitative estimate of drug-likeness (QED) is 0.850. The summed E-state index contributed by atoms with van der Waals surface area (Å²) in [6.45, 7) is -0.614. The summed E-state index contributed by atoms with van der Waals surface area (Å²) in [5.41, 5.74) is -0.903. The second-order valence-corrected chi connectivity index (χ2v) is 3.19. The van der Waals surface area contributed by atoms with Crippen LogP contribution in [0.15, 0.2) is 24.3 Å². The van der Waals surface area contributed by atoms with Crippen molar-refractivity contribution < 1.29 is 32.9 Å². The molecule has 0 aliphatic rings. The lowest BCUT2D eigenvalue weighted by molar-refractivity contribution is -0.148. The Bertz CT molecular complexity index is 403. The SMILES string of the molecule is O=C(O)C(O)COc1cccc(C(F)(F)F)c1. The molecule has 0 bridgehead atoms. The Labute approximate surface area is 94.3 Å².